The van der Waals surface area contributed by atoms with E-state index in [0.29, 0.717) is 12.2 Å². The zero-order valence-corrected chi connectivity index (χ0v) is 13.5. The summed E-state index contributed by atoms with van der Waals surface area (Å²) in [5, 5.41) is 13.2. The van der Waals surface area contributed by atoms with Crippen LogP contribution in [0.15, 0.2) is 6.07 Å². The Balaban J connectivity index is 2.95. The second-order valence-corrected chi connectivity index (χ2v) is 6.02. The van der Waals surface area contributed by atoms with Gasteiger partial charge in [0, 0.05) is 20.1 Å². The Labute approximate surface area is 125 Å². The summed E-state index contributed by atoms with van der Waals surface area (Å²) in [4.78, 5) is 25.0. The van der Waals surface area contributed by atoms with Crippen LogP contribution in [0.1, 0.15) is 56.2 Å². The summed E-state index contributed by atoms with van der Waals surface area (Å²) in [6.45, 7) is 8.80. The van der Waals surface area contributed by atoms with Gasteiger partial charge in [-0.15, -0.1) is 0 Å². The normalized spacial score (nSPS) is 11.2. The van der Waals surface area contributed by atoms with Gasteiger partial charge in [-0.25, -0.2) is 0 Å². The molecule has 0 aliphatic rings. The van der Waals surface area contributed by atoms with E-state index in [1.807, 2.05) is 27.7 Å². The van der Waals surface area contributed by atoms with E-state index in [1.54, 1.807) is 22.7 Å². The lowest BCUT2D eigenvalue weighted by Gasteiger charge is -2.23. The Morgan fingerprint density at radius 3 is 2.38 bits per heavy atom. The number of carboxylic acids is 1. The molecular weight excluding hydrogens is 270 g/mol. The molecule has 1 rings (SSSR count). The number of carboxylic acid groups (broad SMARTS) is 1. The standard InChI is InChI=1S/C15H25N3O3/c1-10(2)9-18(7-6-14(19)20)15(21)13-8-12(11(3)4)16-17(13)5/h8,10-11H,6-7,9H2,1-5H3,(H,19,20). The molecule has 0 bridgehead atoms. The Hall–Kier alpha value is -1.85. The van der Waals surface area contributed by atoms with Crippen LogP contribution in [-0.4, -0.2) is 44.8 Å². The molecule has 0 aliphatic carbocycles. The van der Waals surface area contributed by atoms with Gasteiger partial charge in [-0.05, 0) is 17.9 Å². The lowest BCUT2D eigenvalue weighted by Crippen LogP contribution is -2.37. The van der Waals surface area contributed by atoms with E-state index in [-0.39, 0.29) is 30.7 Å². The molecule has 0 radical (unpaired) electrons. The van der Waals surface area contributed by atoms with E-state index in [1.165, 1.54) is 0 Å². The highest BCUT2D eigenvalue weighted by molar-refractivity contribution is 5.93. The van der Waals surface area contributed by atoms with Crippen molar-refractivity contribution in [1.82, 2.24) is 14.7 Å². The van der Waals surface area contributed by atoms with Crippen molar-refractivity contribution >= 4 is 11.9 Å². The summed E-state index contributed by atoms with van der Waals surface area (Å²) >= 11 is 0. The molecule has 0 atom stereocenters. The van der Waals surface area contributed by atoms with Crippen molar-refractivity contribution < 1.29 is 14.7 Å². The molecule has 0 fully saturated rings. The molecule has 118 valence electrons. The van der Waals surface area contributed by atoms with Gasteiger partial charge in [0.15, 0.2) is 0 Å². The molecule has 1 amide bonds. The Kier molecular flexibility index (Phi) is 5.93. The lowest BCUT2D eigenvalue weighted by molar-refractivity contribution is -0.137. The van der Waals surface area contributed by atoms with Crippen molar-refractivity contribution in [3.63, 3.8) is 0 Å². The fourth-order valence-electron chi connectivity index (χ4n) is 2.08. The van der Waals surface area contributed by atoms with Gasteiger partial charge in [0.25, 0.3) is 5.91 Å². The molecular formula is C15H25N3O3. The van der Waals surface area contributed by atoms with Crippen LogP contribution in [0.25, 0.3) is 0 Å². The summed E-state index contributed by atoms with van der Waals surface area (Å²) in [5.41, 5.74) is 1.37. The van der Waals surface area contributed by atoms with Crippen molar-refractivity contribution in [2.24, 2.45) is 13.0 Å². The van der Waals surface area contributed by atoms with Crippen LogP contribution in [-0.2, 0) is 11.8 Å². The number of aryl methyl sites for hydroxylation is 1. The zero-order valence-electron chi connectivity index (χ0n) is 13.5. The number of hydrogen-bond donors (Lipinski definition) is 1. The fraction of sp³-hybridized carbons (Fsp3) is 0.667. The average Bonchev–Trinajstić information content (AvgIpc) is 2.75. The number of carbonyl (C=O) groups excluding carboxylic acids is 1. The van der Waals surface area contributed by atoms with Crippen LogP contribution in [0, 0.1) is 5.92 Å². The van der Waals surface area contributed by atoms with E-state index < -0.39 is 5.97 Å². The first kappa shape index (κ1) is 17.2. The van der Waals surface area contributed by atoms with Crippen LogP contribution in [0.4, 0.5) is 0 Å². The van der Waals surface area contributed by atoms with E-state index >= 15 is 0 Å². The first-order valence-electron chi connectivity index (χ1n) is 7.27. The Morgan fingerprint density at radius 1 is 1.33 bits per heavy atom. The SMILES string of the molecule is CC(C)CN(CCC(=O)O)C(=O)c1cc(C(C)C)nn1C. The lowest BCUT2D eigenvalue weighted by atomic mass is 10.1. The Bertz CT molecular complexity index is 506. The molecule has 1 aromatic heterocycles. The van der Waals surface area contributed by atoms with Gasteiger partial charge >= 0.3 is 5.97 Å². The van der Waals surface area contributed by atoms with Crippen molar-refractivity contribution in [2.45, 2.75) is 40.0 Å². The number of hydrogen-bond acceptors (Lipinski definition) is 3. The average molecular weight is 295 g/mol. The topological polar surface area (TPSA) is 75.4 Å². The van der Waals surface area contributed by atoms with Crippen LogP contribution in [0.2, 0.25) is 0 Å². The van der Waals surface area contributed by atoms with Gasteiger partial charge in [0.1, 0.15) is 5.69 Å². The summed E-state index contributed by atoms with van der Waals surface area (Å²) in [7, 11) is 1.74. The highest BCUT2D eigenvalue weighted by atomic mass is 16.4. The molecule has 0 saturated carbocycles. The number of carbonyl (C=O) groups is 2. The van der Waals surface area contributed by atoms with Gasteiger partial charge in [-0.3, -0.25) is 14.3 Å². The van der Waals surface area contributed by atoms with Gasteiger partial charge < -0.3 is 10.0 Å². The third-order valence-corrected chi connectivity index (χ3v) is 3.18. The van der Waals surface area contributed by atoms with Gasteiger partial charge in [-0.1, -0.05) is 27.7 Å². The summed E-state index contributed by atoms with van der Waals surface area (Å²) in [6.07, 6.45) is -0.0483. The van der Waals surface area contributed by atoms with E-state index in [0.717, 1.165) is 5.69 Å². The highest BCUT2D eigenvalue weighted by Crippen LogP contribution is 2.16. The zero-order chi connectivity index (χ0) is 16.2. The predicted octanol–water partition coefficient (Wildman–Crippen LogP) is 2.12. The largest absolute Gasteiger partial charge is 0.481 e. The maximum absolute atomic E-state index is 12.6. The summed E-state index contributed by atoms with van der Waals surface area (Å²) < 4.78 is 1.58. The molecule has 1 N–H and O–H groups in total. The number of rotatable bonds is 7. The maximum Gasteiger partial charge on any atom is 0.305 e. The van der Waals surface area contributed by atoms with Gasteiger partial charge in [0.05, 0.1) is 12.1 Å². The van der Waals surface area contributed by atoms with E-state index in [2.05, 4.69) is 5.10 Å². The summed E-state index contributed by atoms with van der Waals surface area (Å²) in [5.74, 6) is -0.535. The number of nitrogens with zero attached hydrogens (tertiary/aromatic N) is 3. The molecule has 21 heavy (non-hydrogen) atoms. The molecule has 0 aliphatic heterocycles. The first-order chi connectivity index (χ1) is 9.72. The number of amides is 1. The van der Waals surface area contributed by atoms with Crippen LogP contribution in [0.3, 0.4) is 0 Å². The fourth-order valence-corrected chi connectivity index (χ4v) is 2.08. The molecule has 6 heteroatoms. The third kappa shape index (κ3) is 4.88. The van der Waals surface area contributed by atoms with Crippen LogP contribution < -0.4 is 0 Å². The molecule has 1 heterocycles. The second-order valence-electron chi connectivity index (χ2n) is 6.02. The van der Waals surface area contributed by atoms with Gasteiger partial charge in [-0.2, -0.15) is 5.10 Å². The van der Waals surface area contributed by atoms with Crippen molar-refractivity contribution in [3.8, 4) is 0 Å². The van der Waals surface area contributed by atoms with Crippen LogP contribution in [0.5, 0.6) is 0 Å². The minimum absolute atomic E-state index is 0.0483. The molecule has 1 aromatic rings. The molecule has 6 nitrogen and oxygen atoms in total. The molecule has 0 spiro atoms. The summed E-state index contributed by atoms with van der Waals surface area (Å²) in [6, 6.07) is 1.79. The molecule has 0 unspecified atom stereocenters. The van der Waals surface area contributed by atoms with E-state index in [4.69, 9.17) is 5.11 Å². The smallest absolute Gasteiger partial charge is 0.305 e. The third-order valence-electron chi connectivity index (χ3n) is 3.18. The molecule has 0 aromatic carbocycles. The highest BCUT2D eigenvalue weighted by Gasteiger charge is 2.22. The van der Waals surface area contributed by atoms with Crippen molar-refractivity contribution in [3.05, 3.63) is 17.5 Å². The van der Waals surface area contributed by atoms with Crippen molar-refractivity contribution in [2.75, 3.05) is 13.1 Å². The predicted molar refractivity (Wildman–Crippen MR) is 80.3 cm³/mol. The van der Waals surface area contributed by atoms with Gasteiger partial charge in [0.2, 0.25) is 0 Å². The quantitative estimate of drug-likeness (QED) is 0.836. The van der Waals surface area contributed by atoms with E-state index in [9.17, 15) is 9.59 Å². The van der Waals surface area contributed by atoms with Crippen LogP contribution >= 0.6 is 0 Å². The first-order valence-corrected chi connectivity index (χ1v) is 7.27. The number of aromatic nitrogens is 2. The Morgan fingerprint density at radius 2 is 1.95 bits per heavy atom. The molecule has 0 saturated heterocycles. The maximum atomic E-state index is 12.6. The monoisotopic (exact) mass is 295 g/mol. The second kappa shape index (κ2) is 7.24. The van der Waals surface area contributed by atoms with Crippen molar-refractivity contribution in [1.29, 1.82) is 0 Å². The minimum Gasteiger partial charge on any atom is -0.481 e. The number of aliphatic carboxylic acids is 1. The minimum atomic E-state index is -0.899.